The summed E-state index contributed by atoms with van der Waals surface area (Å²) in [5.41, 5.74) is 8.81. The van der Waals surface area contributed by atoms with Crippen molar-refractivity contribution in [2.45, 2.75) is 19.3 Å². The fraction of sp³-hybridized carbons (Fsp3) is 0.0833. The van der Waals surface area contributed by atoms with Crippen LogP contribution in [0, 0.1) is 17.1 Å². The van der Waals surface area contributed by atoms with Gasteiger partial charge in [0, 0.05) is 5.56 Å². The lowest BCUT2D eigenvalue weighted by Crippen LogP contribution is -1.98. The van der Waals surface area contributed by atoms with Crippen LogP contribution in [0.3, 0.4) is 0 Å². The van der Waals surface area contributed by atoms with Gasteiger partial charge in [0.15, 0.2) is 0 Å². The molecular weight excluding hydrogens is 465 g/mol. The maximum atomic E-state index is 15.0. The van der Waals surface area contributed by atoms with Gasteiger partial charge in [-0.3, -0.25) is 0 Å². The number of benzene rings is 5. The maximum Gasteiger partial charge on any atom is 0.131 e. The van der Waals surface area contributed by atoms with Gasteiger partial charge < -0.3 is 0 Å². The van der Waals surface area contributed by atoms with Crippen molar-refractivity contribution in [1.29, 1.82) is 5.26 Å². The van der Waals surface area contributed by atoms with E-state index < -0.39 is 0 Å². The average molecular weight is 494 g/mol. The molecule has 38 heavy (non-hydrogen) atoms. The maximum absolute atomic E-state index is 15.0. The van der Waals surface area contributed by atoms with Crippen molar-refractivity contribution >= 4 is 12.2 Å². The quantitative estimate of drug-likeness (QED) is 0.207. The normalized spacial score (nSPS) is 11.8. The molecule has 0 aliphatic carbocycles. The fourth-order valence-corrected chi connectivity index (χ4v) is 4.64. The first-order valence-corrected chi connectivity index (χ1v) is 12.8. The first-order valence-electron chi connectivity index (χ1n) is 12.8. The summed E-state index contributed by atoms with van der Waals surface area (Å²) in [6.45, 7) is 2.24. The lowest BCUT2D eigenvalue weighted by atomic mass is 9.93. The first kappa shape index (κ1) is 24.9. The number of halogens is 1. The van der Waals surface area contributed by atoms with E-state index in [0.717, 1.165) is 34.2 Å². The molecule has 0 fully saturated rings. The van der Waals surface area contributed by atoms with E-state index in [4.69, 9.17) is 5.26 Å². The summed E-state index contributed by atoms with van der Waals surface area (Å²) in [6.07, 6.45) is 4.70. The van der Waals surface area contributed by atoms with E-state index in [1.807, 2.05) is 78.9 Å². The van der Waals surface area contributed by atoms with Gasteiger partial charge in [-0.1, -0.05) is 122 Å². The monoisotopic (exact) mass is 493 g/mol. The lowest BCUT2D eigenvalue weighted by Gasteiger charge is -2.12. The van der Waals surface area contributed by atoms with E-state index in [0.29, 0.717) is 17.0 Å². The van der Waals surface area contributed by atoms with Crippen LogP contribution in [0.1, 0.15) is 40.7 Å². The van der Waals surface area contributed by atoms with Crippen molar-refractivity contribution in [3.63, 3.8) is 0 Å². The molecule has 1 nitrogen and oxygen atoms in total. The predicted octanol–water partition coefficient (Wildman–Crippen LogP) is 9.55. The Bertz CT molecular complexity index is 1570. The van der Waals surface area contributed by atoms with E-state index in [1.54, 1.807) is 6.07 Å². The lowest BCUT2D eigenvalue weighted by molar-refractivity contribution is 0.625. The highest BCUT2D eigenvalue weighted by Crippen LogP contribution is 2.26. The van der Waals surface area contributed by atoms with E-state index in [2.05, 4.69) is 61.5 Å². The minimum Gasteiger partial charge on any atom is -0.206 e. The van der Waals surface area contributed by atoms with Gasteiger partial charge in [0.2, 0.25) is 0 Å². The molecule has 0 aliphatic heterocycles. The van der Waals surface area contributed by atoms with Gasteiger partial charge in [0.1, 0.15) is 5.82 Å². The summed E-state index contributed by atoms with van der Waals surface area (Å²) in [7, 11) is 0. The zero-order chi connectivity index (χ0) is 26.3. The Morgan fingerprint density at radius 2 is 1.26 bits per heavy atom. The smallest absolute Gasteiger partial charge is 0.131 e. The van der Waals surface area contributed by atoms with Gasteiger partial charge in [-0.05, 0) is 69.5 Å². The SMILES string of the molecule is C[C@@H](Cc1ccc(-c2ccc(C=Cc3ccc(-c4ccc(C#N)cc4)cc3)c(F)c2)cc1)c1ccccc1. The van der Waals surface area contributed by atoms with Crippen LogP contribution in [0.5, 0.6) is 0 Å². The third kappa shape index (κ3) is 5.97. The van der Waals surface area contributed by atoms with Gasteiger partial charge in [-0.15, -0.1) is 0 Å². The number of nitriles is 1. The van der Waals surface area contributed by atoms with Crippen molar-refractivity contribution < 1.29 is 4.39 Å². The van der Waals surface area contributed by atoms with Crippen LogP contribution >= 0.6 is 0 Å². The van der Waals surface area contributed by atoms with E-state index in [1.165, 1.54) is 11.1 Å². The number of hydrogen-bond donors (Lipinski definition) is 0. The van der Waals surface area contributed by atoms with Crippen LogP contribution in [0.25, 0.3) is 34.4 Å². The second-order valence-electron chi connectivity index (χ2n) is 9.59. The molecule has 0 aliphatic rings. The van der Waals surface area contributed by atoms with Crippen LogP contribution in [-0.2, 0) is 6.42 Å². The zero-order valence-electron chi connectivity index (χ0n) is 21.3. The summed E-state index contributed by atoms with van der Waals surface area (Å²) in [6, 6.07) is 42.1. The van der Waals surface area contributed by atoms with E-state index >= 15 is 0 Å². The summed E-state index contributed by atoms with van der Waals surface area (Å²) in [5.74, 6) is 0.201. The molecule has 0 amide bonds. The molecule has 0 heterocycles. The molecule has 0 saturated heterocycles. The van der Waals surface area contributed by atoms with Crippen molar-refractivity contribution in [1.82, 2.24) is 0 Å². The standard InChI is InChI=1S/C36H28FN/c1-26(30-5-3-2-4-6-30)23-28-10-16-33(17-11-28)35-22-21-34(36(37)24-35)20-9-27-7-14-31(15-8-27)32-18-12-29(25-38)13-19-32/h2-22,24,26H,23H2,1H3/t26-/m0/s1. The Hall–Kier alpha value is -4.74. The second-order valence-corrected chi connectivity index (χ2v) is 9.59. The molecule has 5 rings (SSSR count). The number of rotatable bonds is 7. The summed E-state index contributed by atoms with van der Waals surface area (Å²) < 4.78 is 15.0. The molecule has 1 atom stereocenters. The van der Waals surface area contributed by atoms with E-state index in [9.17, 15) is 4.39 Å². The molecule has 0 radical (unpaired) electrons. The van der Waals surface area contributed by atoms with Crippen LogP contribution in [0.4, 0.5) is 4.39 Å². The van der Waals surface area contributed by atoms with Crippen molar-refractivity contribution in [3.8, 4) is 28.3 Å². The molecule has 2 heteroatoms. The molecule has 0 unspecified atom stereocenters. The van der Waals surface area contributed by atoms with Crippen LogP contribution < -0.4 is 0 Å². The minimum atomic E-state index is -0.241. The third-order valence-corrected chi connectivity index (χ3v) is 6.91. The molecule has 5 aromatic carbocycles. The minimum absolute atomic E-state index is 0.241. The van der Waals surface area contributed by atoms with Crippen LogP contribution in [0.15, 0.2) is 121 Å². The van der Waals surface area contributed by atoms with Gasteiger partial charge in [-0.25, -0.2) is 4.39 Å². The molecular formula is C36H28FN. The van der Waals surface area contributed by atoms with Gasteiger partial charge in [0.05, 0.1) is 11.6 Å². The molecule has 0 aromatic heterocycles. The molecule has 184 valence electrons. The summed E-state index contributed by atoms with van der Waals surface area (Å²) in [4.78, 5) is 0. The Balaban J connectivity index is 1.24. The first-order chi connectivity index (χ1) is 18.6. The molecule has 0 N–H and O–H groups in total. The Labute approximate surface area is 224 Å². The molecule has 5 aromatic rings. The second kappa shape index (κ2) is 11.5. The summed E-state index contributed by atoms with van der Waals surface area (Å²) in [5, 5.41) is 8.97. The van der Waals surface area contributed by atoms with Crippen LogP contribution in [0.2, 0.25) is 0 Å². The summed E-state index contributed by atoms with van der Waals surface area (Å²) >= 11 is 0. The Morgan fingerprint density at radius 1 is 0.684 bits per heavy atom. The van der Waals surface area contributed by atoms with Gasteiger partial charge >= 0.3 is 0 Å². The zero-order valence-corrected chi connectivity index (χ0v) is 21.3. The predicted molar refractivity (Wildman–Crippen MR) is 156 cm³/mol. The molecule has 0 spiro atoms. The highest BCUT2D eigenvalue weighted by atomic mass is 19.1. The largest absolute Gasteiger partial charge is 0.206 e. The fourth-order valence-electron chi connectivity index (χ4n) is 4.64. The van der Waals surface area contributed by atoms with Gasteiger partial charge in [-0.2, -0.15) is 5.26 Å². The molecule has 0 bridgehead atoms. The highest BCUT2D eigenvalue weighted by Gasteiger charge is 2.08. The number of hydrogen-bond acceptors (Lipinski definition) is 1. The van der Waals surface area contributed by atoms with Crippen molar-refractivity contribution in [3.05, 3.63) is 155 Å². The Kier molecular flexibility index (Phi) is 7.57. The van der Waals surface area contributed by atoms with Gasteiger partial charge in [0.25, 0.3) is 0 Å². The average Bonchev–Trinajstić information content (AvgIpc) is 2.98. The van der Waals surface area contributed by atoms with Crippen LogP contribution in [-0.4, -0.2) is 0 Å². The van der Waals surface area contributed by atoms with Crippen molar-refractivity contribution in [2.75, 3.05) is 0 Å². The Morgan fingerprint density at radius 3 is 1.89 bits per heavy atom. The number of nitrogens with zero attached hydrogens (tertiary/aromatic N) is 1. The topological polar surface area (TPSA) is 23.8 Å². The van der Waals surface area contributed by atoms with E-state index in [-0.39, 0.29) is 5.82 Å². The van der Waals surface area contributed by atoms with Crippen molar-refractivity contribution in [2.24, 2.45) is 0 Å². The molecule has 0 saturated carbocycles. The third-order valence-electron chi connectivity index (χ3n) is 6.91. The highest BCUT2D eigenvalue weighted by molar-refractivity contribution is 5.74.